The molecular formula is C12H18N2O. The standard InChI is InChI=1S/C12H18N2O/c1-12(2,3)11(15)6-9-7-14(8-13-9)10-4-5-10/h7-8,10H,4-6H2,1-3H3. The van der Waals surface area contributed by atoms with E-state index < -0.39 is 0 Å². The van der Waals surface area contributed by atoms with E-state index in [0.29, 0.717) is 12.5 Å². The predicted octanol–water partition coefficient (Wildman–Crippen LogP) is 2.38. The lowest BCUT2D eigenvalue weighted by Crippen LogP contribution is -2.22. The first-order chi connectivity index (χ1) is 6.97. The molecule has 0 aromatic carbocycles. The fourth-order valence-corrected chi connectivity index (χ4v) is 1.47. The molecule has 2 rings (SSSR count). The van der Waals surface area contributed by atoms with Crippen molar-refractivity contribution < 1.29 is 4.79 Å². The molecule has 0 unspecified atom stereocenters. The molecule has 1 heterocycles. The summed E-state index contributed by atoms with van der Waals surface area (Å²) in [5.41, 5.74) is 0.644. The van der Waals surface area contributed by atoms with E-state index in [4.69, 9.17) is 0 Å². The summed E-state index contributed by atoms with van der Waals surface area (Å²) in [6, 6.07) is 0.649. The van der Waals surface area contributed by atoms with Gasteiger partial charge in [-0.15, -0.1) is 0 Å². The van der Waals surface area contributed by atoms with Crippen LogP contribution in [0.5, 0.6) is 0 Å². The van der Waals surface area contributed by atoms with E-state index in [0.717, 1.165) is 5.69 Å². The normalized spacial score (nSPS) is 16.7. The van der Waals surface area contributed by atoms with E-state index in [2.05, 4.69) is 9.55 Å². The van der Waals surface area contributed by atoms with Gasteiger partial charge in [0.1, 0.15) is 5.78 Å². The largest absolute Gasteiger partial charge is 0.334 e. The number of hydrogen-bond donors (Lipinski definition) is 0. The molecule has 1 aliphatic rings. The Hall–Kier alpha value is -1.12. The zero-order valence-electron chi connectivity index (χ0n) is 9.66. The van der Waals surface area contributed by atoms with Crippen LogP contribution in [-0.4, -0.2) is 15.3 Å². The number of Topliss-reactive ketones (excluding diaryl/α,β-unsaturated/α-hetero) is 1. The molecule has 0 amide bonds. The Kier molecular flexibility index (Phi) is 2.41. The number of carbonyl (C=O) groups is 1. The van der Waals surface area contributed by atoms with Crippen molar-refractivity contribution in [3.63, 3.8) is 0 Å². The summed E-state index contributed by atoms with van der Waals surface area (Å²) in [4.78, 5) is 16.1. The summed E-state index contributed by atoms with van der Waals surface area (Å²) in [7, 11) is 0. The average molecular weight is 206 g/mol. The zero-order chi connectivity index (χ0) is 11.1. The number of aromatic nitrogens is 2. The molecule has 3 nitrogen and oxygen atoms in total. The van der Waals surface area contributed by atoms with Crippen LogP contribution in [-0.2, 0) is 11.2 Å². The number of ketones is 1. The van der Waals surface area contributed by atoms with Crippen molar-refractivity contribution in [2.45, 2.75) is 46.1 Å². The van der Waals surface area contributed by atoms with Crippen molar-refractivity contribution in [2.75, 3.05) is 0 Å². The first-order valence-corrected chi connectivity index (χ1v) is 5.52. The van der Waals surface area contributed by atoms with E-state index >= 15 is 0 Å². The fraction of sp³-hybridized carbons (Fsp3) is 0.667. The fourth-order valence-electron chi connectivity index (χ4n) is 1.47. The van der Waals surface area contributed by atoms with Crippen molar-refractivity contribution in [3.8, 4) is 0 Å². The van der Waals surface area contributed by atoms with Crippen LogP contribution >= 0.6 is 0 Å². The van der Waals surface area contributed by atoms with Gasteiger partial charge < -0.3 is 4.57 Å². The Morgan fingerprint density at radius 3 is 2.73 bits per heavy atom. The molecule has 0 aliphatic heterocycles. The van der Waals surface area contributed by atoms with Crippen LogP contribution in [0.3, 0.4) is 0 Å². The lowest BCUT2D eigenvalue weighted by molar-refractivity contribution is -0.125. The molecule has 0 N–H and O–H groups in total. The maximum Gasteiger partial charge on any atom is 0.144 e. The van der Waals surface area contributed by atoms with E-state index in [9.17, 15) is 4.79 Å². The monoisotopic (exact) mass is 206 g/mol. The number of nitrogens with zero attached hydrogens (tertiary/aromatic N) is 2. The molecule has 15 heavy (non-hydrogen) atoms. The van der Waals surface area contributed by atoms with Gasteiger partial charge in [-0.2, -0.15) is 0 Å². The van der Waals surface area contributed by atoms with Gasteiger partial charge in [0.25, 0.3) is 0 Å². The number of hydrogen-bond acceptors (Lipinski definition) is 2. The van der Waals surface area contributed by atoms with Gasteiger partial charge in [-0.05, 0) is 12.8 Å². The molecule has 1 aromatic heterocycles. The predicted molar refractivity (Wildman–Crippen MR) is 58.7 cm³/mol. The minimum atomic E-state index is -0.261. The first-order valence-electron chi connectivity index (χ1n) is 5.52. The molecule has 0 radical (unpaired) electrons. The van der Waals surface area contributed by atoms with Crippen molar-refractivity contribution in [1.29, 1.82) is 0 Å². The summed E-state index contributed by atoms with van der Waals surface area (Å²) in [5.74, 6) is 0.253. The van der Waals surface area contributed by atoms with Crippen LogP contribution in [0.2, 0.25) is 0 Å². The number of imidazole rings is 1. The van der Waals surface area contributed by atoms with Gasteiger partial charge in [-0.1, -0.05) is 20.8 Å². The van der Waals surface area contributed by atoms with Crippen molar-refractivity contribution >= 4 is 5.78 Å². The first kappa shape index (κ1) is 10.4. The Labute approximate surface area is 90.5 Å². The summed E-state index contributed by atoms with van der Waals surface area (Å²) in [5, 5.41) is 0. The lowest BCUT2D eigenvalue weighted by atomic mass is 9.88. The molecule has 0 spiro atoms. The van der Waals surface area contributed by atoms with Gasteiger partial charge in [0.15, 0.2) is 0 Å². The Morgan fingerprint density at radius 2 is 2.20 bits per heavy atom. The topological polar surface area (TPSA) is 34.9 Å². The molecule has 0 saturated heterocycles. The second-order valence-electron chi connectivity index (χ2n) is 5.39. The summed E-state index contributed by atoms with van der Waals surface area (Å²) < 4.78 is 2.13. The highest BCUT2D eigenvalue weighted by atomic mass is 16.1. The molecule has 1 saturated carbocycles. The second-order valence-corrected chi connectivity index (χ2v) is 5.39. The van der Waals surface area contributed by atoms with Gasteiger partial charge in [0, 0.05) is 17.7 Å². The molecule has 1 aliphatic carbocycles. The van der Waals surface area contributed by atoms with E-state index in [1.807, 2.05) is 33.3 Å². The summed E-state index contributed by atoms with van der Waals surface area (Å²) in [6.45, 7) is 5.85. The molecule has 1 aromatic rings. The molecule has 0 atom stereocenters. The Morgan fingerprint density at radius 1 is 1.53 bits per heavy atom. The minimum absolute atomic E-state index is 0.253. The Balaban J connectivity index is 2.01. The summed E-state index contributed by atoms with van der Waals surface area (Å²) in [6.07, 6.45) is 6.83. The van der Waals surface area contributed by atoms with Gasteiger partial charge in [-0.25, -0.2) is 4.98 Å². The molecule has 0 bridgehead atoms. The van der Waals surface area contributed by atoms with Crippen molar-refractivity contribution in [1.82, 2.24) is 9.55 Å². The highest BCUT2D eigenvalue weighted by molar-refractivity contribution is 5.85. The molecular weight excluding hydrogens is 188 g/mol. The van der Waals surface area contributed by atoms with Crippen molar-refractivity contribution in [3.05, 3.63) is 18.2 Å². The zero-order valence-corrected chi connectivity index (χ0v) is 9.66. The number of carbonyl (C=O) groups excluding carboxylic acids is 1. The third-order valence-electron chi connectivity index (χ3n) is 2.80. The van der Waals surface area contributed by atoms with Gasteiger partial charge in [0.05, 0.1) is 18.4 Å². The number of rotatable bonds is 3. The molecule has 82 valence electrons. The van der Waals surface area contributed by atoms with E-state index in [1.165, 1.54) is 12.8 Å². The van der Waals surface area contributed by atoms with E-state index in [-0.39, 0.29) is 11.2 Å². The molecule has 1 fully saturated rings. The molecule has 3 heteroatoms. The minimum Gasteiger partial charge on any atom is -0.334 e. The SMILES string of the molecule is CC(C)(C)C(=O)Cc1cn(C2CC2)cn1. The van der Waals surface area contributed by atoms with Crippen LogP contribution in [0.15, 0.2) is 12.5 Å². The highest BCUT2D eigenvalue weighted by Crippen LogP contribution is 2.34. The third kappa shape index (κ3) is 2.46. The Bertz CT molecular complexity index is 369. The maximum atomic E-state index is 11.8. The average Bonchev–Trinajstić information content (AvgIpc) is 2.87. The maximum absolute atomic E-state index is 11.8. The van der Waals surface area contributed by atoms with Gasteiger partial charge in [-0.3, -0.25) is 4.79 Å². The highest BCUT2D eigenvalue weighted by Gasteiger charge is 2.25. The second kappa shape index (κ2) is 3.47. The lowest BCUT2D eigenvalue weighted by Gasteiger charge is -2.15. The van der Waals surface area contributed by atoms with Crippen LogP contribution in [0, 0.1) is 5.41 Å². The van der Waals surface area contributed by atoms with Gasteiger partial charge >= 0.3 is 0 Å². The van der Waals surface area contributed by atoms with Crippen LogP contribution in [0.4, 0.5) is 0 Å². The smallest absolute Gasteiger partial charge is 0.144 e. The quantitative estimate of drug-likeness (QED) is 0.761. The van der Waals surface area contributed by atoms with Crippen LogP contribution in [0.1, 0.15) is 45.3 Å². The van der Waals surface area contributed by atoms with Crippen molar-refractivity contribution in [2.24, 2.45) is 5.41 Å². The third-order valence-corrected chi connectivity index (χ3v) is 2.80. The summed E-state index contributed by atoms with van der Waals surface area (Å²) >= 11 is 0. The van der Waals surface area contributed by atoms with E-state index in [1.54, 1.807) is 0 Å². The van der Waals surface area contributed by atoms with Gasteiger partial charge in [0.2, 0.25) is 0 Å². The van der Waals surface area contributed by atoms with Crippen LogP contribution < -0.4 is 0 Å². The van der Waals surface area contributed by atoms with Crippen LogP contribution in [0.25, 0.3) is 0 Å².